The number of hydrogen-bond donors (Lipinski definition) is 0. The van der Waals surface area contributed by atoms with Gasteiger partial charge in [0, 0.05) is 5.69 Å². The number of aromatic nitrogens is 1. The Bertz CT molecular complexity index is 310. The fraction of sp³-hybridized carbons (Fsp3) is 0.286. The lowest BCUT2D eigenvalue weighted by Crippen LogP contribution is -2.18. The second kappa shape index (κ2) is 3.20. The van der Waals surface area contributed by atoms with E-state index in [0.29, 0.717) is 6.20 Å². The summed E-state index contributed by atoms with van der Waals surface area (Å²) >= 11 is 0. The number of ether oxygens (including phenoxy) is 1. The summed E-state index contributed by atoms with van der Waals surface area (Å²) in [5.41, 5.74) is 0.284. The molecule has 0 aliphatic carbocycles. The van der Waals surface area contributed by atoms with Crippen LogP contribution < -0.4 is 4.74 Å². The summed E-state index contributed by atoms with van der Waals surface area (Å²) in [6.45, 7) is 1.46. The van der Waals surface area contributed by atoms with Crippen LogP contribution >= 0.6 is 0 Å². The Labute approximate surface area is 71.2 Å². The maximum atomic E-state index is 12.7. The second-order valence-corrected chi connectivity index (χ2v) is 2.30. The van der Waals surface area contributed by atoms with Crippen molar-refractivity contribution < 1.29 is 22.3 Å². The summed E-state index contributed by atoms with van der Waals surface area (Å²) < 4.78 is 50.9. The molecule has 0 bridgehead atoms. The van der Waals surface area contributed by atoms with Crippen LogP contribution in [0.4, 0.5) is 17.6 Å². The van der Waals surface area contributed by atoms with Gasteiger partial charge in [0.25, 0.3) is 0 Å². The first kappa shape index (κ1) is 9.76. The average Bonchev–Trinajstić information content (AvgIpc) is 1.93. The van der Waals surface area contributed by atoms with Crippen LogP contribution in [0, 0.1) is 12.7 Å². The predicted octanol–water partition coefficient (Wildman–Crippen LogP) is 2.43. The maximum Gasteiger partial charge on any atom is 0.573 e. The van der Waals surface area contributed by atoms with Gasteiger partial charge < -0.3 is 4.74 Å². The van der Waals surface area contributed by atoms with Crippen molar-refractivity contribution in [3.05, 3.63) is 23.8 Å². The van der Waals surface area contributed by atoms with E-state index in [1.54, 1.807) is 0 Å². The molecule has 0 aliphatic heterocycles. The van der Waals surface area contributed by atoms with Crippen LogP contribution in [-0.2, 0) is 0 Å². The molecule has 0 saturated heterocycles. The van der Waals surface area contributed by atoms with Crippen molar-refractivity contribution in [1.82, 2.24) is 4.98 Å². The molecule has 0 radical (unpaired) electrons. The molecule has 1 aromatic rings. The first-order chi connectivity index (χ1) is 5.88. The first-order valence-corrected chi connectivity index (χ1v) is 3.26. The number of pyridine rings is 1. The van der Waals surface area contributed by atoms with Crippen LogP contribution in [0.2, 0.25) is 0 Å². The molecule has 72 valence electrons. The van der Waals surface area contributed by atoms with Gasteiger partial charge in [-0.2, -0.15) is 0 Å². The van der Waals surface area contributed by atoms with Gasteiger partial charge in [-0.3, -0.25) is 4.98 Å². The van der Waals surface area contributed by atoms with E-state index in [2.05, 4.69) is 9.72 Å². The highest BCUT2D eigenvalue weighted by Crippen LogP contribution is 2.24. The summed E-state index contributed by atoms with van der Waals surface area (Å²) in [5, 5.41) is 0. The molecular formula is C7H5F4NO. The van der Waals surface area contributed by atoms with Crippen LogP contribution in [0.25, 0.3) is 0 Å². The lowest BCUT2D eigenvalue weighted by Gasteiger charge is -2.08. The number of aryl methyl sites for hydroxylation is 1. The summed E-state index contributed by atoms with van der Waals surface area (Å²) in [4.78, 5) is 3.46. The number of alkyl halides is 3. The van der Waals surface area contributed by atoms with Gasteiger partial charge in [0.1, 0.15) is 0 Å². The van der Waals surface area contributed by atoms with E-state index in [1.165, 1.54) is 6.92 Å². The molecule has 0 unspecified atom stereocenters. The highest BCUT2D eigenvalue weighted by atomic mass is 19.4. The quantitative estimate of drug-likeness (QED) is 0.642. The number of halogens is 4. The van der Waals surface area contributed by atoms with Gasteiger partial charge in [0.2, 0.25) is 0 Å². The molecule has 0 fully saturated rings. The molecule has 0 aromatic carbocycles. The van der Waals surface area contributed by atoms with E-state index >= 15 is 0 Å². The van der Waals surface area contributed by atoms with Crippen LogP contribution in [0.15, 0.2) is 12.3 Å². The maximum absolute atomic E-state index is 12.7. The average molecular weight is 195 g/mol. The Hall–Kier alpha value is -1.33. The van der Waals surface area contributed by atoms with E-state index in [1.807, 2.05) is 0 Å². The van der Waals surface area contributed by atoms with Crippen molar-refractivity contribution in [2.24, 2.45) is 0 Å². The topological polar surface area (TPSA) is 22.1 Å². The highest BCUT2D eigenvalue weighted by Gasteiger charge is 2.32. The summed E-state index contributed by atoms with van der Waals surface area (Å²) in [6.07, 6.45) is -4.20. The van der Waals surface area contributed by atoms with E-state index in [0.717, 1.165) is 6.07 Å². The number of rotatable bonds is 1. The molecule has 0 atom stereocenters. The van der Waals surface area contributed by atoms with Gasteiger partial charge in [0.05, 0.1) is 6.20 Å². The van der Waals surface area contributed by atoms with Crippen molar-refractivity contribution in [3.63, 3.8) is 0 Å². The fourth-order valence-electron chi connectivity index (χ4n) is 0.714. The molecule has 1 aromatic heterocycles. The second-order valence-electron chi connectivity index (χ2n) is 2.30. The van der Waals surface area contributed by atoms with Crippen LogP contribution in [-0.4, -0.2) is 11.3 Å². The molecule has 13 heavy (non-hydrogen) atoms. The monoisotopic (exact) mass is 195 g/mol. The molecule has 0 aliphatic rings. The highest BCUT2D eigenvalue weighted by molar-refractivity contribution is 5.22. The van der Waals surface area contributed by atoms with Gasteiger partial charge in [-0.1, -0.05) is 0 Å². The Kier molecular flexibility index (Phi) is 2.40. The largest absolute Gasteiger partial charge is 0.573 e. The van der Waals surface area contributed by atoms with Gasteiger partial charge >= 0.3 is 6.36 Å². The third-order valence-corrected chi connectivity index (χ3v) is 1.18. The van der Waals surface area contributed by atoms with E-state index < -0.39 is 17.9 Å². The first-order valence-electron chi connectivity index (χ1n) is 3.26. The van der Waals surface area contributed by atoms with Crippen molar-refractivity contribution >= 4 is 0 Å². The lowest BCUT2D eigenvalue weighted by atomic mass is 10.3. The minimum atomic E-state index is -4.89. The molecule has 0 N–H and O–H groups in total. The van der Waals surface area contributed by atoms with E-state index in [-0.39, 0.29) is 5.69 Å². The Morgan fingerprint density at radius 3 is 2.46 bits per heavy atom. The molecule has 1 heterocycles. The third-order valence-electron chi connectivity index (χ3n) is 1.18. The molecule has 1 rings (SSSR count). The lowest BCUT2D eigenvalue weighted by molar-refractivity contribution is -0.275. The van der Waals surface area contributed by atoms with Crippen molar-refractivity contribution in [3.8, 4) is 5.75 Å². The Morgan fingerprint density at radius 1 is 1.38 bits per heavy atom. The van der Waals surface area contributed by atoms with Gasteiger partial charge in [-0.25, -0.2) is 4.39 Å². The summed E-state index contributed by atoms with van der Waals surface area (Å²) in [7, 11) is 0. The van der Waals surface area contributed by atoms with E-state index in [4.69, 9.17) is 0 Å². The van der Waals surface area contributed by atoms with Crippen molar-refractivity contribution in [1.29, 1.82) is 0 Å². The summed E-state index contributed by atoms with van der Waals surface area (Å²) in [6, 6.07) is 0.862. The number of hydrogen-bond acceptors (Lipinski definition) is 2. The molecule has 0 amide bonds. The normalized spacial score (nSPS) is 11.5. The fourth-order valence-corrected chi connectivity index (χ4v) is 0.714. The molecular weight excluding hydrogens is 190 g/mol. The minimum Gasteiger partial charge on any atom is -0.401 e. The molecule has 0 saturated carbocycles. The van der Waals surface area contributed by atoms with E-state index in [9.17, 15) is 17.6 Å². The van der Waals surface area contributed by atoms with Crippen molar-refractivity contribution in [2.45, 2.75) is 13.3 Å². The van der Waals surface area contributed by atoms with Gasteiger partial charge in [-0.05, 0) is 13.0 Å². The zero-order chi connectivity index (χ0) is 10.1. The van der Waals surface area contributed by atoms with Crippen LogP contribution in [0.5, 0.6) is 5.75 Å². The van der Waals surface area contributed by atoms with Crippen LogP contribution in [0.1, 0.15) is 5.69 Å². The zero-order valence-corrected chi connectivity index (χ0v) is 6.52. The molecule has 2 nitrogen and oxygen atoms in total. The SMILES string of the molecule is Cc1cc(F)c(OC(F)(F)F)cn1. The molecule has 0 spiro atoms. The zero-order valence-electron chi connectivity index (χ0n) is 6.52. The molecule has 6 heteroatoms. The van der Waals surface area contributed by atoms with Crippen LogP contribution in [0.3, 0.4) is 0 Å². The Balaban J connectivity index is 2.90. The standard InChI is InChI=1S/C7H5F4NO/c1-4-2-5(8)6(3-12-4)13-7(9,10)11/h2-3H,1H3. The Morgan fingerprint density at radius 2 is 2.00 bits per heavy atom. The van der Waals surface area contributed by atoms with Crippen molar-refractivity contribution in [2.75, 3.05) is 0 Å². The third kappa shape index (κ3) is 2.89. The summed E-state index contributed by atoms with van der Waals surface area (Å²) in [5.74, 6) is -2.00. The number of nitrogens with zero attached hydrogens (tertiary/aromatic N) is 1. The predicted molar refractivity (Wildman–Crippen MR) is 35.6 cm³/mol. The van der Waals surface area contributed by atoms with Gasteiger partial charge in [0.15, 0.2) is 11.6 Å². The minimum absolute atomic E-state index is 0.284. The van der Waals surface area contributed by atoms with Gasteiger partial charge in [-0.15, -0.1) is 13.2 Å². The smallest absolute Gasteiger partial charge is 0.401 e.